The van der Waals surface area contributed by atoms with Crippen molar-refractivity contribution in [3.63, 3.8) is 0 Å². The third-order valence-electron chi connectivity index (χ3n) is 2.82. The number of halogens is 1. The largest absolute Gasteiger partial charge is 0.309 e. The van der Waals surface area contributed by atoms with Crippen LogP contribution in [-0.4, -0.2) is 12.3 Å². The van der Waals surface area contributed by atoms with Crippen LogP contribution in [0.15, 0.2) is 46.0 Å². The molecule has 0 aliphatic heterocycles. The summed E-state index contributed by atoms with van der Waals surface area (Å²) >= 11 is 3.49. The van der Waals surface area contributed by atoms with Crippen LogP contribution >= 0.6 is 23.1 Å². The van der Waals surface area contributed by atoms with Crippen LogP contribution in [0.25, 0.3) is 0 Å². The van der Waals surface area contributed by atoms with Crippen molar-refractivity contribution in [1.82, 2.24) is 5.32 Å². The van der Waals surface area contributed by atoms with E-state index in [4.69, 9.17) is 0 Å². The summed E-state index contributed by atoms with van der Waals surface area (Å²) in [5.74, 6) is 0.783. The molecular formula is C15H18FNS2. The summed E-state index contributed by atoms with van der Waals surface area (Å²) in [6.45, 7) is 3.19. The highest BCUT2D eigenvalue weighted by molar-refractivity contribution is 7.99. The summed E-state index contributed by atoms with van der Waals surface area (Å²) in [6.07, 6.45) is 1.13. The molecule has 0 fully saturated rings. The first-order chi connectivity index (χ1) is 9.29. The first kappa shape index (κ1) is 14.6. The van der Waals surface area contributed by atoms with Crippen molar-refractivity contribution >= 4 is 23.1 Å². The molecule has 1 atom stereocenters. The van der Waals surface area contributed by atoms with Crippen LogP contribution in [0.4, 0.5) is 4.39 Å². The third-order valence-corrected chi connectivity index (χ3v) is 4.62. The van der Waals surface area contributed by atoms with E-state index < -0.39 is 0 Å². The maximum Gasteiger partial charge on any atom is 0.123 e. The highest BCUT2D eigenvalue weighted by Gasteiger charge is 2.11. The Balaban J connectivity index is 1.94. The second-order valence-electron chi connectivity index (χ2n) is 4.33. The number of hydrogen-bond acceptors (Lipinski definition) is 3. The molecule has 0 aliphatic carbocycles. The molecule has 0 saturated carbocycles. The molecule has 4 heteroatoms. The predicted octanol–water partition coefficient (Wildman–Crippen LogP) is 4.72. The highest BCUT2D eigenvalue weighted by atomic mass is 32.2. The van der Waals surface area contributed by atoms with E-state index in [1.165, 1.54) is 17.7 Å². The Morgan fingerprint density at radius 3 is 2.68 bits per heavy atom. The molecule has 2 aromatic rings. The molecule has 0 bridgehead atoms. The standard InChI is InChI=1S/C15H18FNS2/c1-2-8-17-15(12-7-9-18-10-12)11-19-14-5-3-13(16)4-6-14/h3-7,9-10,15,17H,2,8,11H2,1H3. The SMILES string of the molecule is CCCNC(CSc1ccc(F)cc1)c1ccsc1. The summed E-state index contributed by atoms with van der Waals surface area (Å²) in [4.78, 5) is 1.11. The molecule has 0 amide bonds. The monoisotopic (exact) mass is 295 g/mol. The molecule has 1 heterocycles. The summed E-state index contributed by atoms with van der Waals surface area (Å²) < 4.78 is 12.9. The van der Waals surface area contributed by atoms with E-state index in [2.05, 4.69) is 29.1 Å². The molecule has 1 nitrogen and oxygen atoms in total. The van der Waals surface area contributed by atoms with Gasteiger partial charge < -0.3 is 5.32 Å². The molecule has 1 unspecified atom stereocenters. The lowest BCUT2D eigenvalue weighted by Crippen LogP contribution is -2.23. The summed E-state index contributed by atoms with van der Waals surface area (Å²) in [7, 11) is 0. The zero-order valence-corrected chi connectivity index (χ0v) is 12.6. The van der Waals surface area contributed by atoms with Gasteiger partial charge in [-0.1, -0.05) is 6.92 Å². The molecular weight excluding hydrogens is 277 g/mol. The maximum absolute atomic E-state index is 12.9. The number of benzene rings is 1. The van der Waals surface area contributed by atoms with E-state index in [0.717, 1.165) is 23.6 Å². The van der Waals surface area contributed by atoms with Crippen LogP contribution in [0, 0.1) is 5.82 Å². The van der Waals surface area contributed by atoms with Crippen LogP contribution in [-0.2, 0) is 0 Å². The number of hydrogen-bond donors (Lipinski definition) is 1. The van der Waals surface area contributed by atoms with E-state index in [9.17, 15) is 4.39 Å². The molecule has 1 N–H and O–H groups in total. The molecule has 0 aliphatic rings. The van der Waals surface area contributed by atoms with Gasteiger partial charge in [-0.05, 0) is 59.6 Å². The van der Waals surface area contributed by atoms with E-state index in [1.54, 1.807) is 23.1 Å². The van der Waals surface area contributed by atoms with Gasteiger partial charge in [-0.25, -0.2) is 4.39 Å². The van der Waals surface area contributed by atoms with Crippen molar-refractivity contribution in [3.05, 3.63) is 52.5 Å². The molecule has 0 radical (unpaired) electrons. The predicted molar refractivity (Wildman–Crippen MR) is 82.5 cm³/mol. The van der Waals surface area contributed by atoms with Crippen LogP contribution < -0.4 is 5.32 Å². The van der Waals surface area contributed by atoms with E-state index in [-0.39, 0.29) is 5.82 Å². The van der Waals surface area contributed by atoms with E-state index in [1.807, 2.05) is 12.1 Å². The Labute approximate surface area is 122 Å². The molecule has 0 saturated heterocycles. The van der Waals surface area contributed by atoms with Gasteiger partial charge >= 0.3 is 0 Å². The number of nitrogens with one attached hydrogen (secondary N) is 1. The summed E-state index contributed by atoms with van der Waals surface area (Å²) in [5, 5.41) is 7.87. The lowest BCUT2D eigenvalue weighted by Gasteiger charge is -2.17. The summed E-state index contributed by atoms with van der Waals surface area (Å²) in [6, 6.07) is 9.24. The van der Waals surface area contributed by atoms with Crippen LogP contribution in [0.5, 0.6) is 0 Å². The average molecular weight is 295 g/mol. The third kappa shape index (κ3) is 4.64. The average Bonchev–Trinajstić information content (AvgIpc) is 2.95. The zero-order valence-electron chi connectivity index (χ0n) is 10.9. The second-order valence-corrected chi connectivity index (χ2v) is 6.20. The Bertz CT molecular complexity index is 467. The highest BCUT2D eigenvalue weighted by Crippen LogP contribution is 2.26. The summed E-state index contributed by atoms with van der Waals surface area (Å²) in [5.41, 5.74) is 1.34. The van der Waals surface area contributed by atoms with E-state index >= 15 is 0 Å². The Kier molecular flexibility index (Phi) is 5.89. The smallest absolute Gasteiger partial charge is 0.123 e. The van der Waals surface area contributed by atoms with Gasteiger partial charge in [-0.2, -0.15) is 11.3 Å². The van der Waals surface area contributed by atoms with Crippen molar-refractivity contribution in [3.8, 4) is 0 Å². The molecule has 0 spiro atoms. The second kappa shape index (κ2) is 7.68. The molecule has 19 heavy (non-hydrogen) atoms. The van der Waals surface area contributed by atoms with E-state index in [0.29, 0.717) is 6.04 Å². The van der Waals surface area contributed by atoms with Crippen LogP contribution in [0.1, 0.15) is 24.9 Å². The fourth-order valence-electron chi connectivity index (χ4n) is 1.78. The van der Waals surface area contributed by atoms with Crippen molar-refractivity contribution in [2.24, 2.45) is 0 Å². The Hall–Kier alpha value is -0.840. The van der Waals surface area contributed by atoms with Gasteiger partial charge in [0, 0.05) is 16.7 Å². The quantitative estimate of drug-likeness (QED) is 0.742. The van der Waals surface area contributed by atoms with Gasteiger partial charge in [0.25, 0.3) is 0 Å². The van der Waals surface area contributed by atoms with Crippen LogP contribution in [0.2, 0.25) is 0 Å². The lowest BCUT2D eigenvalue weighted by atomic mass is 10.2. The van der Waals surface area contributed by atoms with Crippen LogP contribution in [0.3, 0.4) is 0 Å². The zero-order chi connectivity index (χ0) is 13.5. The van der Waals surface area contributed by atoms with Crippen molar-refractivity contribution in [2.45, 2.75) is 24.3 Å². The first-order valence-corrected chi connectivity index (χ1v) is 8.36. The molecule has 1 aromatic carbocycles. The fraction of sp³-hybridized carbons (Fsp3) is 0.333. The topological polar surface area (TPSA) is 12.0 Å². The minimum Gasteiger partial charge on any atom is -0.309 e. The van der Waals surface area contributed by atoms with Gasteiger partial charge in [-0.15, -0.1) is 11.8 Å². The van der Waals surface area contributed by atoms with Gasteiger partial charge in [-0.3, -0.25) is 0 Å². The van der Waals surface area contributed by atoms with Gasteiger partial charge in [0.2, 0.25) is 0 Å². The number of thiophene rings is 1. The van der Waals surface area contributed by atoms with Gasteiger partial charge in [0.1, 0.15) is 5.82 Å². The molecule has 102 valence electrons. The number of rotatable bonds is 7. The van der Waals surface area contributed by atoms with Crippen molar-refractivity contribution in [2.75, 3.05) is 12.3 Å². The lowest BCUT2D eigenvalue weighted by molar-refractivity contribution is 0.579. The molecule has 1 aromatic heterocycles. The van der Waals surface area contributed by atoms with Crippen molar-refractivity contribution in [1.29, 1.82) is 0 Å². The Morgan fingerprint density at radius 2 is 2.05 bits per heavy atom. The van der Waals surface area contributed by atoms with Crippen molar-refractivity contribution < 1.29 is 4.39 Å². The maximum atomic E-state index is 12.9. The normalized spacial score (nSPS) is 12.5. The minimum absolute atomic E-state index is 0.178. The Morgan fingerprint density at radius 1 is 1.26 bits per heavy atom. The first-order valence-electron chi connectivity index (χ1n) is 6.43. The van der Waals surface area contributed by atoms with Gasteiger partial charge in [0.05, 0.1) is 0 Å². The van der Waals surface area contributed by atoms with Gasteiger partial charge in [0.15, 0.2) is 0 Å². The number of thioether (sulfide) groups is 1. The minimum atomic E-state index is -0.178. The molecule has 2 rings (SSSR count). The fourth-order valence-corrected chi connectivity index (χ4v) is 3.49.